The highest BCUT2D eigenvalue weighted by Crippen LogP contribution is 2.57. The van der Waals surface area contributed by atoms with Crippen LogP contribution in [-0.2, 0) is 21.2 Å². The maximum absolute atomic E-state index is 13.4. The van der Waals surface area contributed by atoms with Crippen molar-refractivity contribution >= 4 is 43.3 Å². The van der Waals surface area contributed by atoms with Crippen molar-refractivity contribution < 1.29 is 18.3 Å². The first-order chi connectivity index (χ1) is 18.5. The van der Waals surface area contributed by atoms with Crippen molar-refractivity contribution in [1.29, 1.82) is 0 Å². The van der Waals surface area contributed by atoms with Gasteiger partial charge in [0.2, 0.25) is 5.91 Å². The molecule has 2 aliphatic carbocycles. The number of nitrogens with zero attached hydrogens (tertiary/aromatic N) is 3. The third-order valence-electron chi connectivity index (χ3n) is 8.84. The molecule has 0 spiro atoms. The molecule has 5 rings (SSSR count). The normalized spacial score (nSPS) is 27.3. The molecule has 0 unspecified atom stereocenters. The Morgan fingerprint density at radius 3 is 2.85 bits per heavy atom. The number of nitrogens with one attached hydrogen (secondary N) is 1. The number of aliphatic hydroxyl groups is 1. The second-order valence-electron chi connectivity index (χ2n) is 11.4. The van der Waals surface area contributed by atoms with Crippen LogP contribution in [0.25, 0.3) is 10.9 Å². The number of aromatic nitrogens is 2. The Morgan fingerprint density at radius 2 is 2.10 bits per heavy atom. The van der Waals surface area contributed by atoms with Crippen LogP contribution in [0.3, 0.4) is 0 Å². The predicted molar refractivity (Wildman–Crippen MR) is 154 cm³/mol. The number of pyridine rings is 1. The SMILES string of the molecule is C=CCN(C)C(=O)[C@@H](C)[C@@H]1CC[C@]2(C)Cc3sc(NS(=O)(=O)c4cccc5cccnc45)nc3[C@@H](C)[C@@H]2[C@H]1O. The molecule has 2 aromatic heterocycles. The molecule has 2 aliphatic rings. The van der Waals surface area contributed by atoms with Gasteiger partial charge < -0.3 is 10.0 Å². The summed E-state index contributed by atoms with van der Waals surface area (Å²) >= 11 is 1.37. The van der Waals surface area contributed by atoms with Crippen molar-refractivity contribution in [2.75, 3.05) is 18.3 Å². The van der Waals surface area contributed by atoms with E-state index in [0.717, 1.165) is 35.2 Å². The topological polar surface area (TPSA) is 112 Å². The Labute approximate surface area is 234 Å². The first-order valence-corrected chi connectivity index (χ1v) is 15.7. The van der Waals surface area contributed by atoms with Crippen LogP contribution in [0.5, 0.6) is 0 Å². The van der Waals surface area contributed by atoms with Gasteiger partial charge in [-0.15, -0.1) is 17.9 Å². The third-order valence-corrected chi connectivity index (χ3v) is 11.3. The van der Waals surface area contributed by atoms with Crippen LogP contribution in [-0.4, -0.2) is 54.0 Å². The van der Waals surface area contributed by atoms with Gasteiger partial charge in [-0.2, -0.15) is 0 Å². The molecule has 6 atom stereocenters. The van der Waals surface area contributed by atoms with Crippen LogP contribution in [0.4, 0.5) is 5.13 Å². The summed E-state index contributed by atoms with van der Waals surface area (Å²) in [5, 5.41) is 12.7. The number of benzene rings is 1. The molecule has 2 N–H and O–H groups in total. The van der Waals surface area contributed by atoms with E-state index in [1.807, 2.05) is 19.1 Å². The van der Waals surface area contributed by atoms with E-state index in [1.54, 1.807) is 42.4 Å². The molecular weight excluding hydrogens is 532 g/mol. The van der Waals surface area contributed by atoms with Crippen molar-refractivity contribution in [3.63, 3.8) is 0 Å². The molecule has 10 heteroatoms. The average molecular weight is 569 g/mol. The number of aliphatic hydroxyl groups excluding tert-OH is 1. The van der Waals surface area contributed by atoms with Crippen molar-refractivity contribution in [3.8, 4) is 0 Å². The van der Waals surface area contributed by atoms with Crippen LogP contribution >= 0.6 is 11.3 Å². The highest BCUT2D eigenvalue weighted by Gasteiger charge is 2.54. The second kappa shape index (κ2) is 10.3. The number of likely N-dealkylation sites (N-methyl/N-ethyl adjacent to an activating group) is 1. The lowest BCUT2D eigenvalue weighted by molar-refractivity contribution is -0.143. The van der Waals surface area contributed by atoms with Gasteiger partial charge in [0.05, 0.1) is 17.3 Å². The Kier molecular flexibility index (Phi) is 7.32. The molecule has 8 nitrogen and oxygen atoms in total. The molecular formula is C29H36N4O4S2. The number of amides is 1. The number of hydrogen-bond acceptors (Lipinski definition) is 7. The number of fused-ring (bicyclic) bond motifs is 3. The number of sulfonamides is 1. The fraction of sp³-hybridized carbons (Fsp3) is 0.483. The summed E-state index contributed by atoms with van der Waals surface area (Å²) in [7, 11) is -2.15. The van der Waals surface area contributed by atoms with Gasteiger partial charge in [-0.05, 0) is 48.6 Å². The molecule has 3 aromatic rings. The summed E-state index contributed by atoms with van der Waals surface area (Å²) < 4.78 is 29.5. The van der Waals surface area contributed by atoms with Gasteiger partial charge in [0.25, 0.3) is 10.0 Å². The lowest BCUT2D eigenvalue weighted by Crippen LogP contribution is -2.53. The Balaban J connectivity index is 1.41. The number of carbonyl (C=O) groups excluding carboxylic acids is 1. The molecule has 1 saturated carbocycles. The van der Waals surface area contributed by atoms with Crippen LogP contribution < -0.4 is 4.72 Å². The molecule has 1 fully saturated rings. The van der Waals surface area contributed by atoms with Gasteiger partial charge in [-0.3, -0.25) is 14.5 Å². The van der Waals surface area contributed by atoms with Gasteiger partial charge in [-0.25, -0.2) is 13.4 Å². The molecule has 2 heterocycles. The second-order valence-corrected chi connectivity index (χ2v) is 14.1. The summed E-state index contributed by atoms with van der Waals surface area (Å²) in [6, 6.07) is 8.69. The molecule has 1 amide bonds. The molecule has 0 bridgehead atoms. The molecule has 0 saturated heterocycles. The lowest BCUT2D eigenvalue weighted by Gasteiger charge is -2.53. The standard InChI is InChI=1S/C29H36N4O4S2/c1-6-15-33(5)27(35)17(2)20-12-13-29(4)16-21-24(18(3)23(29)26(20)34)31-28(38-21)32-39(36,37)22-11-7-9-19-10-8-14-30-25(19)22/h6-11,14,17-18,20,23,26,34H,1,12-13,15-16H2,2-5H3,(H,31,32)/t17-,18-,20-,23+,26-,29+/m0/s1. The van der Waals surface area contributed by atoms with Gasteiger partial charge in [0, 0.05) is 41.9 Å². The number of para-hydroxylation sites is 1. The zero-order chi connectivity index (χ0) is 28.1. The van der Waals surface area contributed by atoms with Crippen LogP contribution in [0, 0.1) is 23.2 Å². The van der Waals surface area contributed by atoms with E-state index in [2.05, 4.69) is 30.1 Å². The van der Waals surface area contributed by atoms with Gasteiger partial charge in [0.1, 0.15) is 4.90 Å². The van der Waals surface area contributed by atoms with E-state index < -0.39 is 16.1 Å². The van der Waals surface area contributed by atoms with Crippen molar-refractivity contribution in [2.45, 2.75) is 57.0 Å². The number of anilines is 1. The van der Waals surface area contributed by atoms with E-state index in [0.29, 0.717) is 17.2 Å². The summed E-state index contributed by atoms with van der Waals surface area (Å²) in [5.74, 6) is -0.617. The highest BCUT2D eigenvalue weighted by molar-refractivity contribution is 7.93. The van der Waals surface area contributed by atoms with Gasteiger partial charge in [-0.1, -0.05) is 45.0 Å². The van der Waals surface area contributed by atoms with Crippen LogP contribution in [0.1, 0.15) is 50.1 Å². The third kappa shape index (κ3) is 4.87. The minimum absolute atomic E-state index is 0.0139. The minimum atomic E-state index is -3.91. The minimum Gasteiger partial charge on any atom is -0.392 e. The van der Waals surface area contributed by atoms with Gasteiger partial charge >= 0.3 is 0 Å². The number of rotatable bonds is 7. The molecule has 0 aliphatic heterocycles. The first kappa shape index (κ1) is 27.7. The maximum atomic E-state index is 13.4. The Morgan fingerprint density at radius 1 is 1.36 bits per heavy atom. The predicted octanol–water partition coefficient (Wildman–Crippen LogP) is 4.83. The number of hydrogen-bond donors (Lipinski definition) is 2. The summed E-state index contributed by atoms with van der Waals surface area (Å²) in [5.41, 5.74) is 1.08. The Hall–Kier alpha value is -2.82. The fourth-order valence-corrected chi connectivity index (χ4v) is 9.55. The summed E-state index contributed by atoms with van der Waals surface area (Å²) in [6.07, 6.45) is 4.98. The van der Waals surface area contributed by atoms with E-state index in [9.17, 15) is 18.3 Å². The van der Waals surface area contributed by atoms with Crippen molar-refractivity contribution in [2.24, 2.45) is 23.2 Å². The monoisotopic (exact) mass is 568 g/mol. The van der Waals surface area contributed by atoms with E-state index in [4.69, 9.17) is 4.98 Å². The van der Waals surface area contributed by atoms with E-state index in [-0.39, 0.29) is 39.9 Å². The first-order valence-electron chi connectivity index (χ1n) is 13.4. The largest absolute Gasteiger partial charge is 0.392 e. The zero-order valence-electron chi connectivity index (χ0n) is 22.8. The molecule has 1 aromatic carbocycles. The zero-order valence-corrected chi connectivity index (χ0v) is 24.4. The molecule has 0 radical (unpaired) electrons. The van der Waals surface area contributed by atoms with Gasteiger partial charge in [0.15, 0.2) is 5.13 Å². The Bertz CT molecular complexity index is 1520. The van der Waals surface area contributed by atoms with E-state index in [1.165, 1.54) is 11.3 Å². The maximum Gasteiger partial charge on any atom is 0.265 e. The van der Waals surface area contributed by atoms with Crippen LogP contribution in [0.2, 0.25) is 0 Å². The van der Waals surface area contributed by atoms with Crippen molar-refractivity contribution in [3.05, 3.63) is 59.8 Å². The summed E-state index contributed by atoms with van der Waals surface area (Å²) in [4.78, 5) is 24.9. The quantitative estimate of drug-likeness (QED) is 0.395. The molecule has 208 valence electrons. The fourth-order valence-electron chi connectivity index (χ4n) is 6.87. The smallest absolute Gasteiger partial charge is 0.265 e. The number of thiazole rings is 1. The lowest BCUT2D eigenvalue weighted by atomic mass is 9.53. The van der Waals surface area contributed by atoms with Crippen LogP contribution in [0.15, 0.2) is 54.1 Å². The summed E-state index contributed by atoms with van der Waals surface area (Å²) in [6.45, 7) is 10.4. The number of carbonyl (C=O) groups is 1. The average Bonchev–Trinajstić information content (AvgIpc) is 3.28. The molecule has 39 heavy (non-hydrogen) atoms. The van der Waals surface area contributed by atoms with E-state index >= 15 is 0 Å². The highest BCUT2D eigenvalue weighted by atomic mass is 32.2. The van der Waals surface area contributed by atoms with Crippen molar-refractivity contribution in [1.82, 2.24) is 14.9 Å².